The van der Waals surface area contributed by atoms with Gasteiger partial charge >= 0.3 is 6.03 Å². The van der Waals surface area contributed by atoms with Crippen LogP contribution in [-0.2, 0) is 13.0 Å². The number of benzene rings is 1. The predicted molar refractivity (Wildman–Crippen MR) is 91.9 cm³/mol. The summed E-state index contributed by atoms with van der Waals surface area (Å²) in [6.07, 6.45) is 0.897. The van der Waals surface area contributed by atoms with Crippen LogP contribution in [0.5, 0.6) is 0 Å². The molecule has 1 heterocycles. The summed E-state index contributed by atoms with van der Waals surface area (Å²) in [5.41, 5.74) is 2.91. The summed E-state index contributed by atoms with van der Waals surface area (Å²) in [6, 6.07) is 4.84. The number of hydrogen-bond donors (Lipinski definition) is 3. The van der Waals surface area contributed by atoms with Crippen LogP contribution in [0.25, 0.3) is 0 Å². The zero-order valence-electron chi connectivity index (χ0n) is 13.4. The van der Waals surface area contributed by atoms with Crippen LogP contribution in [0.2, 0.25) is 0 Å². The van der Waals surface area contributed by atoms with Crippen LogP contribution in [-0.4, -0.2) is 24.0 Å². The maximum atomic E-state index is 12.0. The van der Waals surface area contributed by atoms with E-state index >= 15 is 0 Å². The number of aromatic nitrogens is 1. The summed E-state index contributed by atoms with van der Waals surface area (Å²) in [5.74, 6) is -0.153. The number of carbonyl (C=O) groups is 2. The molecule has 1 aromatic heterocycles. The van der Waals surface area contributed by atoms with Gasteiger partial charge in [-0.2, -0.15) is 0 Å². The lowest BCUT2D eigenvalue weighted by atomic mass is 10.1. The van der Waals surface area contributed by atoms with E-state index in [1.165, 1.54) is 0 Å². The van der Waals surface area contributed by atoms with E-state index in [1.54, 1.807) is 36.6 Å². The van der Waals surface area contributed by atoms with Gasteiger partial charge in [0, 0.05) is 23.7 Å². The van der Waals surface area contributed by atoms with Crippen molar-refractivity contribution in [1.82, 2.24) is 15.6 Å². The molecule has 0 bridgehead atoms. The van der Waals surface area contributed by atoms with Gasteiger partial charge in [-0.3, -0.25) is 4.79 Å². The summed E-state index contributed by atoms with van der Waals surface area (Å²) >= 11 is 1.59. The van der Waals surface area contributed by atoms with E-state index in [0.717, 1.165) is 22.7 Å². The van der Waals surface area contributed by atoms with Crippen LogP contribution in [0.15, 0.2) is 23.6 Å². The SMILES string of the molecule is CCc1nc(CNC(=O)Nc2ccc(C(=O)NC)cc2C)cs1. The van der Waals surface area contributed by atoms with Gasteiger partial charge in [-0.05, 0) is 37.1 Å². The third kappa shape index (κ3) is 4.53. The van der Waals surface area contributed by atoms with Crippen molar-refractivity contribution in [2.45, 2.75) is 26.8 Å². The van der Waals surface area contributed by atoms with Crippen molar-refractivity contribution in [3.63, 3.8) is 0 Å². The van der Waals surface area contributed by atoms with Crippen molar-refractivity contribution in [1.29, 1.82) is 0 Å². The maximum absolute atomic E-state index is 12.0. The summed E-state index contributed by atoms with van der Waals surface area (Å²) < 4.78 is 0. The Bertz CT molecular complexity index is 712. The van der Waals surface area contributed by atoms with Gasteiger partial charge in [-0.25, -0.2) is 9.78 Å². The van der Waals surface area contributed by atoms with Crippen LogP contribution in [0.1, 0.15) is 33.5 Å². The Labute approximate surface area is 139 Å². The number of urea groups is 1. The molecule has 0 unspecified atom stereocenters. The largest absolute Gasteiger partial charge is 0.355 e. The molecule has 1 aromatic carbocycles. The summed E-state index contributed by atoms with van der Waals surface area (Å²) in [7, 11) is 1.58. The zero-order chi connectivity index (χ0) is 16.8. The van der Waals surface area contributed by atoms with Gasteiger partial charge in [0.05, 0.1) is 17.2 Å². The zero-order valence-corrected chi connectivity index (χ0v) is 14.2. The van der Waals surface area contributed by atoms with Gasteiger partial charge in [0.1, 0.15) is 0 Å². The molecular weight excluding hydrogens is 312 g/mol. The molecule has 23 heavy (non-hydrogen) atoms. The number of nitrogens with one attached hydrogen (secondary N) is 3. The van der Waals surface area contributed by atoms with Crippen LogP contribution >= 0.6 is 11.3 Å². The number of rotatable bonds is 5. The van der Waals surface area contributed by atoms with E-state index < -0.39 is 0 Å². The molecule has 0 fully saturated rings. The molecule has 0 aliphatic carbocycles. The molecule has 3 N–H and O–H groups in total. The van der Waals surface area contributed by atoms with Crippen LogP contribution < -0.4 is 16.0 Å². The molecule has 6 nitrogen and oxygen atoms in total. The van der Waals surface area contributed by atoms with Crippen LogP contribution in [0.3, 0.4) is 0 Å². The highest BCUT2D eigenvalue weighted by Gasteiger charge is 2.09. The standard InChI is InChI=1S/C16H20N4O2S/c1-4-14-19-12(9-23-14)8-18-16(22)20-13-6-5-11(7-10(13)2)15(21)17-3/h5-7,9H,4,8H2,1-3H3,(H,17,21)(H2,18,20,22). The number of hydrogen-bond acceptors (Lipinski definition) is 4. The molecule has 0 aliphatic rings. The number of amides is 3. The first kappa shape index (κ1) is 17.0. The maximum Gasteiger partial charge on any atom is 0.319 e. The third-order valence-corrected chi connectivity index (χ3v) is 4.34. The molecular formula is C16H20N4O2S. The number of carbonyl (C=O) groups excluding carboxylic acids is 2. The fraction of sp³-hybridized carbons (Fsp3) is 0.312. The molecule has 0 spiro atoms. The van der Waals surface area contributed by atoms with E-state index in [-0.39, 0.29) is 11.9 Å². The van der Waals surface area contributed by atoms with Crippen molar-refractivity contribution in [2.75, 3.05) is 12.4 Å². The Morgan fingerprint density at radius 2 is 2.09 bits per heavy atom. The van der Waals surface area contributed by atoms with Crippen molar-refractivity contribution in [3.8, 4) is 0 Å². The minimum atomic E-state index is -0.299. The molecule has 122 valence electrons. The van der Waals surface area contributed by atoms with Gasteiger partial charge in [0.2, 0.25) is 0 Å². The normalized spacial score (nSPS) is 10.2. The highest BCUT2D eigenvalue weighted by atomic mass is 32.1. The molecule has 0 saturated heterocycles. The average molecular weight is 332 g/mol. The minimum Gasteiger partial charge on any atom is -0.355 e. The Balaban J connectivity index is 1.93. The van der Waals surface area contributed by atoms with Crippen LogP contribution in [0, 0.1) is 6.92 Å². The lowest BCUT2D eigenvalue weighted by molar-refractivity contribution is 0.0963. The topological polar surface area (TPSA) is 83.1 Å². The van der Waals surface area contributed by atoms with Gasteiger partial charge in [0.25, 0.3) is 5.91 Å². The Kier molecular flexibility index (Phi) is 5.70. The summed E-state index contributed by atoms with van der Waals surface area (Å²) in [6.45, 7) is 4.28. The van der Waals surface area contributed by atoms with E-state index in [9.17, 15) is 9.59 Å². The van der Waals surface area contributed by atoms with E-state index in [1.807, 2.05) is 19.2 Å². The average Bonchev–Trinajstić information content (AvgIpc) is 3.02. The highest BCUT2D eigenvalue weighted by molar-refractivity contribution is 7.09. The van der Waals surface area contributed by atoms with Gasteiger partial charge in [-0.1, -0.05) is 6.92 Å². The molecule has 0 atom stereocenters. The van der Waals surface area contributed by atoms with Crippen molar-refractivity contribution in [2.24, 2.45) is 0 Å². The van der Waals surface area contributed by atoms with E-state index in [4.69, 9.17) is 0 Å². The van der Waals surface area contributed by atoms with Crippen LogP contribution in [0.4, 0.5) is 10.5 Å². The van der Waals surface area contributed by atoms with Gasteiger partial charge in [-0.15, -0.1) is 11.3 Å². The second-order valence-corrected chi connectivity index (χ2v) is 5.95. The number of aryl methyl sites for hydroxylation is 2. The predicted octanol–water partition coefficient (Wildman–Crippen LogP) is 2.70. The highest BCUT2D eigenvalue weighted by Crippen LogP contribution is 2.16. The quantitative estimate of drug-likeness (QED) is 0.787. The first-order chi connectivity index (χ1) is 11.0. The lowest BCUT2D eigenvalue weighted by Gasteiger charge is -2.10. The van der Waals surface area contributed by atoms with Gasteiger partial charge < -0.3 is 16.0 Å². The number of anilines is 1. The molecule has 2 aromatic rings. The van der Waals surface area contributed by atoms with Crippen molar-refractivity contribution < 1.29 is 9.59 Å². The first-order valence-corrected chi connectivity index (χ1v) is 8.22. The van der Waals surface area contributed by atoms with E-state index in [2.05, 4.69) is 20.9 Å². The molecule has 2 rings (SSSR count). The molecule has 7 heteroatoms. The molecule has 3 amide bonds. The van der Waals surface area contributed by atoms with E-state index in [0.29, 0.717) is 17.8 Å². The third-order valence-electron chi connectivity index (χ3n) is 3.30. The molecule has 0 aliphatic heterocycles. The fourth-order valence-corrected chi connectivity index (χ4v) is 2.76. The summed E-state index contributed by atoms with van der Waals surface area (Å²) in [4.78, 5) is 27.9. The molecule has 0 saturated carbocycles. The van der Waals surface area contributed by atoms with Gasteiger partial charge in [0.15, 0.2) is 0 Å². The smallest absolute Gasteiger partial charge is 0.319 e. The van der Waals surface area contributed by atoms with Crippen molar-refractivity contribution >= 4 is 29.0 Å². The molecule has 0 radical (unpaired) electrons. The summed E-state index contributed by atoms with van der Waals surface area (Å²) in [5, 5.41) is 11.1. The second-order valence-electron chi connectivity index (χ2n) is 5.00. The lowest BCUT2D eigenvalue weighted by Crippen LogP contribution is -2.28. The Morgan fingerprint density at radius 3 is 2.70 bits per heavy atom. The Hall–Kier alpha value is -2.41. The number of nitrogens with zero attached hydrogens (tertiary/aromatic N) is 1. The minimum absolute atomic E-state index is 0.153. The Morgan fingerprint density at radius 1 is 1.30 bits per heavy atom. The second kappa shape index (κ2) is 7.73. The fourth-order valence-electron chi connectivity index (χ4n) is 2.02. The number of thiazole rings is 1. The monoisotopic (exact) mass is 332 g/mol. The van der Waals surface area contributed by atoms with Crippen molar-refractivity contribution in [3.05, 3.63) is 45.4 Å². The first-order valence-electron chi connectivity index (χ1n) is 7.34.